The maximum absolute atomic E-state index is 12.7. The average Bonchev–Trinajstić information content (AvgIpc) is 3.22. The smallest absolute Gasteiger partial charge is 0.326 e. The summed E-state index contributed by atoms with van der Waals surface area (Å²) in [5, 5.41) is 9.41. The number of carboxylic acid groups (broad SMARTS) is 1. The van der Waals surface area contributed by atoms with Gasteiger partial charge in [0.2, 0.25) is 0 Å². The Morgan fingerprint density at radius 1 is 1.20 bits per heavy atom. The molecule has 1 saturated heterocycles. The van der Waals surface area contributed by atoms with Crippen LogP contribution in [0.1, 0.15) is 17.0 Å². The Labute approximate surface area is 145 Å². The van der Waals surface area contributed by atoms with Crippen molar-refractivity contribution in [3.05, 3.63) is 48.2 Å². The molecule has 0 spiro atoms. The van der Waals surface area contributed by atoms with Crippen molar-refractivity contribution in [2.75, 3.05) is 20.6 Å². The zero-order chi connectivity index (χ0) is 18.0. The third kappa shape index (κ3) is 3.66. The summed E-state index contributed by atoms with van der Waals surface area (Å²) < 4.78 is 11.0. The standard InChI is InChI=1S/C18H20N2O5/c1-19(2)12-10-14(18(22)23)20(11-12)17(21)15-8-9-16(25-15)24-13-6-4-3-5-7-13/h3-9,12,14H,10-11H2,1-2H3,(H,22,23)/t12-,14+/m1/s1. The monoisotopic (exact) mass is 344 g/mol. The fraction of sp³-hybridized carbons (Fsp3) is 0.333. The zero-order valence-corrected chi connectivity index (χ0v) is 14.1. The number of likely N-dealkylation sites (N-methyl/N-ethyl adjacent to an activating group) is 1. The number of carbonyl (C=O) groups is 2. The molecule has 1 fully saturated rings. The Morgan fingerprint density at radius 3 is 2.56 bits per heavy atom. The lowest BCUT2D eigenvalue weighted by Crippen LogP contribution is -2.40. The molecule has 0 unspecified atom stereocenters. The van der Waals surface area contributed by atoms with Gasteiger partial charge in [-0.1, -0.05) is 18.2 Å². The van der Waals surface area contributed by atoms with Gasteiger partial charge in [-0.25, -0.2) is 4.79 Å². The highest BCUT2D eigenvalue weighted by molar-refractivity contribution is 5.95. The van der Waals surface area contributed by atoms with E-state index in [0.29, 0.717) is 18.7 Å². The van der Waals surface area contributed by atoms with Crippen LogP contribution >= 0.6 is 0 Å². The lowest BCUT2D eigenvalue weighted by molar-refractivity contribution is -0.141. The lowest BCUT2D eigenvalue weighted by atomic mass is 10.1. The fourth-order valence-corrected chi connectivity index (χ4v) is 2.88. The van der Waals surface area contributed by atoms with Gasteiger partial charge in [-0.15, -0.1) is 0 Å². The quantitative estimate of drug-likeness (QED) is 0.896. The SMILES string of the molecule is CN(C)[C@@H]1C[C@@H](C(=O)O)N(C(=O)c2ccc(Oc3ccccc3)o2)C1. The third-order valence-corrected chi connectivity index (χ3v) is 4.31. The normalized spacial score (nSPS) is 20.0. The maximum atomic E-state index is 12.7. The molecule has 1 N–H and O–H groups in total. The molecule has 7 nitrogen and oxygen atoms in total. The number of amides is 1. The summed E-state index contributed by atoms with van der Waals surface area (Å²) >= 11 is 0. The second kappa shape index (κ2) is 6.98. The number of hydrogen-bond acceptors (Lipinski definition) is 5. The van der Waals surface area contributed by atoms with Gasteiger partial charge >= 0.3 is 5.97 Å². The average molecular weight is 344 g/mol. The highest BCUT2D eigenvalue weighted by Crippen LogP contribution is 2.27. The number of likely N-dealkylation sites (tertiary alicyclic amines) is 1. The molecule has 1 amide bonds. The number of nitrogens with zero attached hydrogens (tertiary/aromatic N) is 2. The molecule has 0 bridgehead atoms. The van der Waals surface area contributed by atoms with E-state index in [4.69, 9.17) is 9.15 Å². The number of furan rings is 1. The summed E-state index contributed by atoms with van der Waals surface area (Å²) in [4.78, 5) is 27.5. The maximum Gasteiger partial charge on any atom is 0.326 e. The van der Waals surface area contributed by atoms with Crippen molar-refractivity contribution in [1.29, 1.82) is 0 Å². The van der Waals surface area contributed by atoms with Crippen molar-refractivity contribution in [2.45, 2.75) is 18.5 Å². The zero-order valence-electron chi connectivity index (χ0n) is 14.1. The minimum Gasteiger partial charge on any atom is -0.480 e. The van der Waals surface area contributed by atoms with Gasteiger partial charge in [-0.2, -0.15) is 0 Å². The van der Waals surface area contributed by atoms with Crippen molar-refractivity contribution in [1.82, 2.24) is 9.80 Å². The van der Waals surface area contributed by atoms with Gasteiger partial charge in [0.1, 0.15) is 11.8 Å². The summed E-state index contributed by atoms with van der Waals surface area (Å²) in [6, 6.07) is 11.3. The molecule has 2 heterocycles. The van der Waals surface area contributed by atoms with E-state index in [9.17, 15) is 14.7 Å². The van der Waals surface area contributed by atoms with Gasteiger partial charge in [-0.3, -0.25) is 4.79 Å². The number of para-hydroxylation sites is 1. The molecule has 1 aliphatic heterocycles. The molecule has 25 heavy (non-hydrogen) atoms. The highest BCUT2D eigenvalue weighted by Gasteiger charge is 2.41. The Balaban J connectivity index is 1.75. The van der Waals surface area contributed by atoms with E-state index in [1.807, 2.05) is 37.2 Å². The molecule has 1 aromatic heterocycles. The molecule has 2 aromatic rings. The Bertz CT molecular complexity index is 756. The number of hydrogen-bond donors (Lipinski definition) is 1. The van der Waals surface area contributed by atoms with Crippen molar-refractivity contribution in [3.63, 3.8) is 0 Å². The minimum absolute atomic E-state index is 0.0000476. The summed E-state index contributed by atoms with van der Waals surface area (Å²) in [7, 11) is 3.74. The molecule has 3 rings (SSSR count). The molecule has 1 aliphatic rings. The Morgan fingerprint density at radius 2 is 1.92 bits per heavy atom. The number of aliphatic carboxylic acids is 1. The first-order valence-corrected chi connectivity index (χ1v) is 7.98. The fourth-order valence-electron chi connectivity index (χ4n) is 2.88. The number of carboxylic acids is 1. The minimum atomic E-state index is -1.01. The van der Waals surface area contributed by atoms with Crippen LogP contribution in [0.5, 0.6) is 11.7 Å². The molecule has 132 valence electrons. The van der Waals surface area contributed by atoms with E-state index in [2.05, 4.69) is 0 Å². The van der Waals surface area contributed by atoms with Crippen LogP contribution in [0.25, 0.3) is 0 Å². The number of carbonyl (C=O) groups excluding carboxylic acids is 1. The van der Waals surface area contributed by atoms with Crippen molar-refractivity contribution in [3.8, 4) is 11.7 Å². The lowest BCUT2D eigenvalue weighted by Gasteiger charge is -2.21. The van der Waals surface area contributed by atoms with Crippen LogP contribution in [0, 0.1) is 0 Å². The molecular formula is C18H20N2O5. The molecule has 0 saturated carbocycles. The predicted octanol–water partition coefficient (Wildman–Crippen LogP) is 2.30. The molecule has 0 radical (unpaired) electrons. The Kier molecular flexibility index (Phi) is 4.76. The molecular weight excluding hydrogens is 324 g/mol. The van der Waals surface area contributed by atoms with Gasteiger partial charge in [0.05, 0.1) is 0 Å². The van der Waals surface area contributed by atoms with E-state index < -0.39 is 17.9 Å². The third-order valence-electron chi connectivity index (χ3n) is 4.31. The van der Waals surface area contributed by atoms with E-state index in [1.165, 1.54) is 11.0 Å². The van der Waals surface area contributed by atoms with Crippen molar-refractivity contribution >= 4 is 11.9 Å². The van der Waals surface area contributed by atoms with E-state index in [0.717, 1.165) is 0 Å². The van der Waals surface area contributed by atoms with Gasteiger partial charge in [0.25, 0.3) is 11.9 Å². The first-order chi connectivity index (χ1) is 12.0. The number of rotatable bonds is 5. The Hall–Kier alpha value is -2.80. The molecule has 0 aliphatic carbocycles. The van der Waals surface area contributed by atoms with Crippen LogP contribution in [0.4, 0.5) is 0 Å². The summed E-state index contributed by atoms with van der Waals surface area (Å²) in [5.74, 6) is -0.612. The first kappa shape index (κ1) is 17.0. The van der Waals surface area contributed by atoms with Crippen LogP contribution in [0.3, 0.4) is 0 Å². The topological polar surface area (TPSA) is 83.2 Å². The van der Waals surface area contributed by atoms with Crippen molar-refractivity contribution in [2.24, 2.45) is 0 Å². The summed E-state index contributed by atoms with van der Waals surface area (Å²) in [5.41, 5.74) is 0. The predicted molar refractivity (Wildman–Crippen MR) is 89.8 cm³/mol. The molecule has 7 heteroatoms. The second-order valence-electron chi connectivity index (χ2n) is 6.20. The number of benzene rings is 1. The summed E-state index contributed by atoms with van der Waals surface area (Å²) in [6.07, 6.45) is 0.391. The molecule has 2 atom stereocenters. The van der Waals surface area contributed by atoms with E-state index in [1.54, 1.807) is 18.2 Å². The van der Waals surface area contributed by atoms with Crippen LogP contribution in [-0.2, 0) is 4.79 Å². The highest BCUT2D eigenvalue weighted by atomic mass is 16.6. The molecule has 1 aromatic carbocycles. The van der Waals surface area contributed by atoms with Gasteiger partial charge in [0.15, 0.2) is 5.76 Å². The number of ether oxygens (including phenoxy) is 1. The van der Waals surface area contributed by atoms with E-state index >= 15 is 0 Å². The van der Waals surface area contributed by atoms with Crippen LogP contribution < -0.4 is 4.74 Å². The summed E-state index contributed by atoms with van der Waals surface area (Å²) in [6.45, 7) is 0.346. The van der Waals surface area contributed by atoms with Crippen molar-refractivity contribution < 1.29 is 23.8 Å². The largest absolute Gasteiger partial charge is 0.480 e. The first-order valence-electron chi connectivity index (χ1n) is 7.98. The van der Waals surface area contributed by atoms with Crippen LogP contribution in [0.15, 0.2) is 46.9 Å². The van der Waals surface area contributed by atoms with E-state index in [-0.39, 0.29) is 17.7 Å². The van der Waals surface area contributed by atoms with Crippen LogP contribution in [-0.4, -0.2) is 59.5 Å². The van der Waals surface area contributed by atoms with Gasteiger partial charge < -0.3 is 24.1 Å². The van der Waals surface area contributed by atoms with Crippen LogP contribution in [0.2, 0.25) is 0 Å². The second-order valence-corrected chi connectivity index (χ2v) is 6.20. The van der Waals surface area contributed by atoms with Gasteiger partial charge in [-0.05, 0) is 38.7 Å². The van der Waals surface area contributed by atoms with Gasteiger partial charge in [0, 0.05) is 18.7 Å².